The van der Waals surface area contributed by atoms with Gasteiger partial charge in [-0.15, -0.1) is 0 Å². The highest BCUT2D eigenvalue weighted by molar-refractivity contribution is 7.89. The third-order valence-electron chi connectivity index (χ3n) is 4.51. The standard InChI is InChI=1S/C18H14F4N4O4S/c19-12-2-4-14(5-3-12)31(27,28)26-8-7-13(10-26)29-15-6-1-11(9-23-15)16-24-17(30-25-16)18(20,21)22/h1-6,9,13H,7-8,10H2. The average molecular weight is 458 g/mol. The Kier molecular flexibility index (Phi) is 5.39. The van der Waals surface area contributed by atoms with Gasteiger partial charge < -0.3 is 9.26 Å². The molecule has 3 heterocycles. The van der Waals surface area contributed by atoms with E-state index >= 15 is 0 Å². The number of hydrogen-bond acceptors (Lipinski definition) is 7. The maximum atomic E-state index is 13.0. The van der Waals surface area contributed by atoms with Crippen molar-refractivity contribution in [1.29, 1.82) is 0 Å². The van der Waals surface area contributed by atoms with Gasteiger partial charge in [-0.1, -0.05) is 5.16 Å². The minimum Gasteiger partial charge on any atom is -0.473 e. The fourth-order valence-corrected chi connectivity index (χ4v) is 4.46. The van der Waals surface area contributed by atoms with Crippen molar-refractivity contribution in [3.05, 3.63) is 54.3 Å². The van der Waals surface area contributed by atoms with Crippen molar-refractivity contribution in [2.24, 2.45) is 0 Å². The zero-order valence-corrected chi connectivity index (χ0v) is 16.4. The third-order valence-corrected chi connectivity index (χ3v) is 6.39. The predicted octanol–water partition coefficient (Wildman–Crippen LogP) is 3.13. The third kappa shape index (κ3) is 4.51. The second-order valence-corrected chi connectivity index (χ2v) is 8.59. The van der Waals surface area contributed by atoms with Crippen LogP contribution in [0.2, 0.25) is 0 Å². The van der Waals surface area contributed by atoms with Crippen LogP contribution >= 0.6 is 0 Å². The number of benzene rings is 1. The van der Waals surface area contributed by atoms with E-state index in [4.69, 9.17) is 4.74 Å². The van der Waals surface area contributed by atoms with Crippen LogP contribution in [0.25, 0.3) is 11.4 Å². The fraction of sp³-hybridized carbons (Fsp3) is 0.278. The number of halogens is 4. The predicted molar refractivity (Wildman–Crippen MR) is 96.7 cm³/mol. The van der Waals surface area contributed by atoms with Crippen LogP contribution in [-0.2, 0) is 16.2 Å². The van der Waals surface area contributed by atoms with Crippen LogP contribution in [0.15, 0.2) is 52.0 Å². The number of nitrogens with zero attached hydrogens (tertiary/aromatic N) is 4. The van der Waals surface area contributed by atoms with Crippen LogP contribution in [0.5, 0.6) is 5.88 Å². The van der Waals surface area contributed by atoms with Crippen molar-refractivity contribution in [3.8, 4) is 17.3 Å². The largest absolute Gasteiger partial charge is 0.473 e. The quantitative estimate of drug-likeness (QED) is 0.542. The topological polar surface area (TPSA) is 98.4 Å². The van der Waals surface area contributed by atoms with Crippen molar-refractivity contribution in [1.82, 2.24) is 19.4 Å². The molecule has 2 aromatic heterocycles. The number of pyridine rings is 1. The van der Waals surface area contributed by atoms with Gasteiger partial charge in [0.25, 0.3) is 0 Å². The Balaban J connectivity index is 1.40. The lowest BCUT2D eigenvalue weighted by atomic mass is 10.2. The summed E-state index contributed by atoms with van der Waals surface area (Å²) in [6.07, 6.45) is -3.59. The summed E-state index contributed by atoms with van der Waals surface area (Å²) in [6, 6.07) is 7.36. The SMILES string of the molecule is O=S(=O)(c1ccc(F)cc1)N1CCC(Oc2ccc(-c3noc(C(F)(F)F)n3)cn2)C1. The Morgan fingerprint density at radius 2 is 1.87 bits per heavy atom. The normalized spacial score (nSPS) is 17.7. The first-order valence-corrected chi connectivity index (χ1v) is 10.4. The highest BCUT2D eigenvalue weighted by atomic mass is 32.2. The molecular weight excluding hydrogens is 444 g/mol. The molecule has 0 amide bonds. The first kappa shape index (κ1) is 21.2. The number of aromatic nitrogens is 3. The maximum Gasteiger partial charge on any atom is 0.471 e. The van der Waals surface area contributed by atoms with Gasteiger partial charge in [0.1, 0.15) is 11.9 Å². The van der Waals surface area contributed by atoms with E-state index in [-0.39, 0.29) is 35.3 Å². The Labute approximate surface area is 173 Å². The molecular formula is C18H14F4N4O4S. The minimum absolute atomic E-state index is 0.0182. The molecule has 1 fully saturated rings. The van der Waals surface area contributed by atoms with Gasteiger partial charge >= 0.3 is 12.1 Å². The van der Waals surface area contributed by atoms with Gasteiger partial charge in [-0.2, -0.15) is 22.5 Å². The van der Waals surface area contributed by atoms with Gasteiger partial charge in [0, 0.05) is 24.4 Å². The smallest absolute Gasteiger partial charge is 0.471 e. The molecule has 1 aliphatic heterocycles. The molecule has 1 atom stereocenters. The molecule has 8 nitrogen and oxygen atoms in total. The minimum atomic E-state index is -4.75. The second kappa shape index (κ2) is 7.89. The lowest BCUT2D eigenvalue weighted by Crippen LogP contribution is -2.31. The van der Waals surface area contributed by atoms with Crippen LogP contribution in [0.3, 0.4) is 0 Å². The van der Waals surface area contributed by atoms with Crippen LogP contribution in [0.4, 0.5) is 17.6 Å². The second-order valence-electron chi connectivity index (χ2n) is 6.65. The zero-order chi connectivity index (χ0) is 22.2. The number of ether oxygens (including phenoxy) is 1. The van der Waals surface area contributed by atoms with Gasteiger partial charge in [0.15, 0.2) is 0 Å². The molecule has 164 valence electrons. The maximum absolute atomic E-state index is 13.0. The number of alkyl halides is 3. The Morgan fingerprint density at radius 1 is 1.13 bits per heavy atom. The molecule has 31 heavy (non-hydrogen) atoms. The van der Waals surface area contributed by atoms with Gasteiger partial charge in [0.2, 0.25) is 21.7 Å². The molecule has 3 aromatic rings. The lowest BCUT2D eigenvalue weighted by molar-refractivity contribution is -0.159. The van der Waals surface area contributed by atoms with Crippen molar-refractivity contribution >= 4 is 10.0 Å². The molecule has 13 heteroatoms. The number of hydrogen-bond donors (Lipinski definition) is 0. The molecule has 0 N–H and O–H groups in total. The molecule has 1 saturated heterocycles. The van der Waals surface area contributed by atoms with Crippen LogP contribution in [0, 0.1) is 5.82 Å². The summed E-state index contributed by atoms with van der Waals surface area (Å²) < 4.78 is 87.1. The highest BCUT2D eigenvalue weighted by Gasteiger charge is 2.38. The first-order valence-electron chi connectivity index (χ1n) is 8.92. The summed E-state index contributed by atoms with van der Waals surface area (Å²) in [5, 5.41) is 3.27. The van der Waals surface area contributed by atoms with E-state index in [9.17, 15) is 26.0 Å². The lowest BCUT2D eigenvalue weighted by Gasteiger charge is -2.17. The summed E-state index contributed by atoms with van der Waals surface area (Å²) >= 11 is 0. The summed E-state index contributed by atoms with van der Waals surface area (Å²) in [6.45, 7) is 0.286. The summed E-state index contributed by atoms with van der Waals surface area (Å²) in [4.78, 5) is 7.27. The van der Waals surface area contributed by atoms with Crippen LogP contribution < -0.4 is 4.74 Å². The van der Waals surface area contributed by atoms with Crippen molar-refractivity contribution in [2.45, 2.75) is 23.6 Å². The van der Waals surface area contributed by atoms with Gasteiger partial charge in [-0.25, -0.2) is 17.8 Å². The number of sulfonamides is 1. The first-order chi connectivity index (χ1) is 14.6. The van der Waals surface area contributed by atoms with E-state index in [2.05, 4.69) is 19.6 Å². The molecule has 0 radical (unpaired) electrons. The molecule has 0 saturated carbocycles. The van der Waals surface area contributed by atoms with Gasteiger partial charge in [-0.05, 0) is 36.8 Å². The summed E-state index contributed by atoms with van der Waals surface area (Å²) in [5.41, 5.74) is 0.193. The average Bonchev–Trinajstić information content (AvgIpc) is 3.39. The number of rotatable bonds is 5. The molecule has 4 rings (SSSR count). The monoisotopic (exact) mass is 458 g/mol. The molecule has 0 aliphatic carbocycles. The fourth-order valence-electron chi connectivity index (χ4n) is 2.98. The van der Waals surface area contributed by atoms with Crippen LogP contribution in [-0.4, -0.2) is 47.0 Å². The molecule has 1 unspecified atom stereocenters. The Hall–Kier alpha value is -3.06. The van der Waals surface area contributed by atoms with E-state index in [1.807, 2.05) is 0 Å². The van der Waals surface area contributed by atoms with E-state index in [0.29, 0.717) is 6.42 Å². The van der Waals surface area contributed by atoms with E-state index in [1.165, 1.54) is 34.8 Å². The Bertz CT molecular complexity index is 1160. The summed E-state index contributed by atoms with van der Waals surface area (Å²) in [7, 11) is -3.79. The van der Waals surface area contributed by atoms with E-state index in [1.54, 1.807) is 0 Å². The van der Waals surface area contributed by atoms with E-state index < -0.39 is 34.0 Å². The van der Waals surface area contributed by atoms with Crippen LogP contribution in [0.1, 0.15) is 12.3 Å². The molecule has 0 spiro atoms. The van der Waals surface area contributed by atoms with Gasteiger partial charge in [-0.3, -0.25) is 0 Å². The van der Waals surface area contributed by atoms with Gasteiger partial charge in [0.05, 0.1) is 11.4 Å². The highest BCUT2D eigenvalue weighted by Crippen LogP contribution is 2.30. The summed E-state index contributed by atoms with van der Waals surface area (Å²) in [5.74, 6) is -2.11. The molecule has 1 aromatic carbocycles. The van der Waals surface area contributed by atoms with Crippen molar-refractivity contribution in [3.63, 3.8) is 0 Å². The zero-order valence-electron chi connectivity index (χ0n) is 15.6. The molecule has 0 bridgehead atoms. The Morgan fingerprint density at radius 3 is 2.48 bits per heavy atom. The van der Waals surface area contributed by atoms with Crippen molar-refractivity contribution in [2.75, 3.05) is 13.1 Å². The van der Waals surface area contributed by atoms with Crippen molar-refractivity contribution < 1.29 is 35.2 Å². The molecule has 1 aliphatic rings. The van der Waals surface area contributed by atoms with E-state index in [0.717, 1.165) is 12.1 Å².